The van der Waals surface area contributed by atoms with Crippen molar-refractivity contribution in [2.24, 2.45) is 0 Å². The lowest BCUT2D eigenvalue weighted by Gasteiger charge is -2.33. The molecule has 27 heavy (non-hydrogen) atoms. The zero-order valence-corrected chi connectivity index (χ0v) is 16.8. The van der Waals surface area contributed by atoms with Crippen molar-refractivity contribution in [3.8, 4) is 0 Å². The number of hydrogen-bond donors (Lipinski definition) is 3. The van der Waals surface area contributed by atoms with Crippen molar-refractivity contribution in [3.63, 3.8) is 0 Å². The summed E-state index contributed by atoms with van der Waals surface area (Å²) in [5.74, 6) is 0.0277. The lowest BCUT2D eigenvalue weighted by Crippen LogP contribution is -2.51. The van der Waals surface area contributed by atoms with Crippen LogP contribution in [0.4, 0.5) is 10.5 Å². The first kappa shape index (κ1) is 21.4. The van der Waals surface area contributed by atoms with E-state index in [0.717, 1.165) is 31.2 Å². The van der Waals surface area contributed by atoms with Gasteiger partial charge in [-0.25, -0.2) is 4.79 Å². The first-order valence-electron chi connectivity index (χ1n) is 9.75. The molecule has 0 radical (unpaired) electrons. The lowest BCUT2D eigenvalue weighted by atomic mass is 9.96. The Morgan fingerprint density at radius 1 is 1.00 bits per heavy atom. The highest BCUT2D eigenvalue weighted by atomic mass is 35.5. The molecule has 6 nitrogen and oxygen atoms in total. The van der Waals surface area contributed by atoms with Gasteiger partial charge in [-0.3, -0.25) is 4.79 Å². The first-order valence-corrected chi connectivity index (χ1v) is 9.75. The quantitative estimate of drug-likeness (QED) is 0.687. The van der Waals surface area contributed by atoms with E-state index in [0.29, 0.717) is 30.4 Å². The van der Waals surface area contributed by atoms with Crippen LogP contribution in [0.5, 0.6) is 0 Å². The molecule has 1 saturated heterocycles. The molecular weight excluding hydrogens is 364 g/mol. The first-order chi connectivity index (χ1) is 12.5. The molecular formula is C20H31ClN4O2. The van der Waals surface area contributed by atoms with Gasteiger partial charge in [0.15, 0.2) is 0 Å². The Labute approximate surface area is 167 Å². The van der Waals surface area contributed by atoms with Gasteiger partial charge in [-0.1, -0.05) is 25.3 Å². The summed E-state index contributed by atoms with van der Waals surface area (Å²) in [7, 11) is 0. The molecule has 7 heteroatoms. The monoisotopic (exact) mass is 394 g/mol. The van der Waals surface area contributed by atoms with E-state index in [2.05, 4.69) is 10.6 Å². The number of aryl methyl sites for hydroxylation is 1. The minimum Gasteiger partial charge on any atom is -0.399 e. The molecule has 0 aromatic heterocycles. The van der Waals surface area contributed by atoms with Crippen molar-refractivity contribution in [3.05, 3.63) is 29.3 Å². The van der Waals surface area contributed by atoms with Gasteiger partial charge in [0.05, 0.1) is 0 Å². The molecule has 4 N–H and O–H groups in total. The number of amides is 3. The van der Waals surface area contributed by atoms with Crippen LogP contribution in [0.1, 0.15) is 60.9 Å². The summed E-state index contributed by atoms with van der Waals surface area (Å²) in [6.45, 7) is 3.24. The van der Waals surface area contributed by atoms with Gasteiger partial charge in [0.2, 0.25) is 0 Å². The number of nitrogen functional groups attached to an aromatic ring is 1. The maximum Gasteiger partial charge on any atom is 0.315 e. The Morgan fingerprint density at radius 2 is 1.59 bits per heavy atom. The Morgan fingerprint density at radius 3 is 2.22 bits per heavy atom. The van der Waals surface area contributed by atoms with Crippen LogP contribution in [0, 0.1) is 6.92 Å². The number of urea groups is 1. The summed E-state index contributed by atoms with van der Waals surface area (Å²) in [5.41, 5.74) is 8.04. The second-order valence-corrected chi connectivity index (χ2v) is 7.59. The number of hydrogen-bond acceptors (Lipinski definition) is 3. The predicted molar refractivity (Wildman–Crippen MR) is 110 cm³/mol. The van der Waals surface area contributed by atoms with Crippen molar-refractivity contribution < 1.29 is 9.59 Å². The van der Waals surface area contributed by atoms with E-state index in [1.165, 1.54) is 19.3 Å². The van der Waals surface area contributed by atoms with E-state index in [9.17, 15) is 9.59 Å². The number of carbonyl (C=O) groups excluding carboxylic acids is 2. The molecule has 0 atom stereocenters. The number of benzene rings is 1. The number of anilines is 1. The maximum atomic E-state index is 12.7. The molecule has 0 bridgehead atoms. The molecule has 1 aliphatic heterocycles. The summed E-state index contributed by atoms with van der Waals surface area (Å²) < 4.78 is 0. The lowest BCUT2D eigenvalue weighted by molar-refractivity contribution is 0.0707. The molecule has 1 heterocycles. The van der Waals surface area contributed by atoms with Crippen LogP contribution in [0.25, 0.3) is 0 Å². The molecule has 2 fully saturated rings. The van der Waals surface area contributed by atoms with E-state index in [1.54, 1.807) is 6.07 Å². The smallest absolute Gasteiger partial charge is 0.315 e. The summed E-state index contributed by atoms with van der Waals surface area (Å²) in [6.07, 6.45) is 7.42. The average molecular weight is 395 g/mol. The van der Waals surface area contributed by atoms with Gasteiger partial charge in [-0.2, -0.15) is 0 Å². The predicted octanol–water partition coefficient (Wildman–Crippen LogP) is 3.24. The zero-order valence-electron chi connectivity index (χ0n) is 16.0. The van der Waals surface area contributed by atoms with Crippen molar-refractivity contribution in [1.29, 1.82) is 0 Å². The number of halogens is 1. The van der Waals surface area contributed by atoms with Crippen molar-refractivity contribution in [2.75, 3.05) is 18.8 Å². The number of piperidine rings is 1. The Hall–Kier alpha value is -1.95. The van der Waals surface area contributed by atoms with Crippen molar-refractivity contribution in [2.45, 2.75) is 64.0 Å². The van der Waals surface area contributed by atoms with E-state index in [1.807, 2.05) is 24.0 Å². The van der Waals surface area contributed by atoms with Gasteiger partial charge < -0.3 is 21.3 Å². The molecule has 1 aliphatic carbocycles. The van der Waals surface area contributed by atoms with Crippen LogP contribution >= 0.6 is 12.4 Å². The van der Waals surface area contributed by atoms with Crippen molar-refractivity contribution >= 4 is 30.0 Å². The normalized spacial score (nSPS) is 18.5. The van der Waals surface area contributed by atoms with E-state index < -0.39 is 0 Å². The molecule has 0 spiro atoms. The fourth-order valence-corrected chi connectivity index (χ4v) is 3.93. The second-order valence-electron chi connectivity index (χ2n) is 7.59. The second kappa shape index (κ2) is 9.83. The average Bonchev–Trinajstić information content (AvgIpc) is 2.64. The summed E-state index contributed by atoms with van der Waals surface area (Å²) in [6, 6.07) is 5.83. The minimum absolute atomic E-state index is 0. The largest absolute Gasteiger partial charge is 0.399 e. The highest BCUT2D eigenvalue weighted by molar-refractivity contribution is 5.96. The van der Waals surface area contributed by atoms with Gasteiger partial charge in [0.25, 0.3) is 5.91 Å². The number of nitrogens with one attached hydrogen (secondary N) is 2. The number of nitrogens with two attached hydrogens (primary N) is 1. The molecule has 1 aromatic rings. The van der Waals surface area contributed by atoms with Gasteiger partial charge >= 0.3 is 6.03 Å². The molecule has 0 unspecified atom stereocenters. The number of carbonyl (C=O) groups is 2. The van der Waals surface area contributed by atoms with Crippen LogP contribution in [-0.4, -0.2) is 42.0 Å². The minimum atomic E-state index is -0.0617. The fourth-order valence-electron chi connectivity index (χ4n) is 3.93. The highest BCUT2D eigenvalue weighted by Gasteiger charge is 2.26. The number of rotatable bonds is 3. The highest BCUT2D eigenvalue weighted by Crippen LogP contribution is 2.19. The van der Waals surface area contributed by atoms with Crippen LogP contribution in [-0.2, 0) is 0 Å². The Balaban J connectivity index is 0.00000261. The van der Waals surface area contributed by atoms with E-state index in [-0.39, 0.29) is 30.4 Å². The van der Waals surface area contributed by atoms with Gasteiger partial charge in [0.1, 0.15) is 0 Å². The van der Waals surface area contributed by atoms with Crippen LogP contribution in [0.15, 0.2) is 18.2 Å². The Bertz CT molecular complexity index is 653. The summed E-state index contributed by atoms with van der Waals surface area (Å²) in [5, 5.41) is 6.17. The van der Waals surface area contributed by atoms with E-state index >= 15 is 0 Å². The van der Waals surface area contributed by atoms with Gasteiger partial charge in [-0.05, 0) is 50.3 Å². The standard InChI is InChI=1S/C20H30N4O2.ClH/c1-14-7-8-15(21)13-18(14)19(25)24-11-9-17(10-12-24)23-20(26)22-16-5-3-2-4-6-16;/h7-8,13,16-17H,2-6,9-12,21H2,1H3,(H2,22,23,26);1H. The van der Waals surface area contributed by atoms with Crippen LogP contribution < -0.4 is 16.4 Å². The SMILES string of the molecule is Cc1ccc(N)cc1C(=O)N1CCC(NC(=O)NC2CCCCC2)CC1.Cl. The molecule has 3 amide bonds. The summed E-state index contributed by atoms with van der Waals surface area (Å²) >= 11 is 0. The maximum absolute atomic E-state index is 12.7. The number of nitrogens with zero attached hydrogens (tertiary/aromatic N) is 1. The fraction of sp³-hybridized carbons (Fsp3) is 0.600. The van der Waals surface area contributed by atoms with Crippen LogP contribution in [0.3, 0.4) is 0 Å². The Kier molecular flexibility index (Phi) is 7.78. The third-order valence-electron chi connectivity index (χ3n) is 5.55. The van der Waals surface area contributed by atoms with Crippen molar-refractivity contribution in [1.82, 2.24) is 15.5 Å². The third-order valence-corrected chi connectivity index (χ3v) is 5.55. The van der Waals surface area contributed by atoms with Crippen LogP contribution in [0.2, 0.25) is 0 Å². The van der Waals surface area contributed by atoms with Gasteiger partial charge in [0, 0.05) is 36.4 Å². The zero-order chi connectivity index (χ0) is 18.5. The molecule has 2 aliphatic rings. The molecule has 1 saturated carbocycles. The molecule has 3 rings (SSSR count). The topological polar surface area (TPSA) is 87.5 Å². The molecule has 150 valence electrons. The van der Waals surface area contributed by atoms with E-state index in [4.69, 9.17) is 5.73 Å². The van der Waals surface area contributed by atoms with Gasteiger partial charge in [-0.15, -0.1) is 12.4 Å². The summed E-state index contributed by atoms with van der Waals surface area (Å²) in [4.78, 5) is 26.8. The molecule has 1 aromatic carbocycles. The number of likely N-dealkylation sites (tertiary alicyclic amines) is 1. The third kappa shape index (κ3) is 5.76.